The summed E-state index contributed by atoms with van der Waals surface area (Å²) in [4.78, 5) is 68.2. The second-order valence-corrected chi connectivity index (χ2v) is 16.0. The number of aryl methyl sites for hydroxylation is 3. The number of aromatic carboxylic acids is 1. The van der Waals surface area contributed by atoms with Crippen LogP contribution in [0.4, 0.5) is 10.7 Å². The van der Waals surface area contributed by atoms with Gasteiger partial charge in [-0.3, -0.25) is 24.1 Å². The summed E-state index contributed by atoms with van der Waals surface area (Å²) in [6, 6.07) is 22.3. The van der Waals surface area contributed by atoms with Crippen LogP contribution in [0.25, 0.3) is 0 Å². The van der Waals surface area contributed by atoms with Crippen LogP contribution in [0.15, 0.2) is 72.8 Å². The number of carboxylic acid groups (broad SMARTS) is 2. The maximum atomic E-state index is 14.0. The average Bonchev–Trinajstić information content (AvgIpc) is 3.61. The second kappa shape index (κ2) is 22.1. The Morgan fingerprint density at radius 3 is 2.08 bits per heavy atom. The van der Waals surface area contributed by atoms with Crippen molar-refractivity contribution < 1.29 is 38.9 Å². The standard InChI is InChI=1S/C46H56N4O8S/c1-4-37(5-2)50(26-25-49(27-28-58-3)40(51)23-24-41(52)53)30-33-9-8-10-35(29-33)43(54)48-45-42(38-11-6-7-12-39(38)59-45)44(55)47-36-21-17-32(18-22-36)14-13-31-15-19-34(20-16-31)46(56)57/h8-10,15-22,29,37H,4-7,11-14,23-28,30H2,1-3H3,(H,47,55)(H,48,54)(H,52,53)(H,56,57). The summed E-state index contributed by atoms with van der Waals surface area (Å²) >= 11 is 1.47. The summed E-state index contributed by atoms with van der Waals surface area (Å²) in [6.07, 6.45) is 6.65. The Morgan fingerprint density at radius 2 is 1.44 bits per heavy atom. The second-order valence-electron chi connectivity index (χ2n) is 14.9. The third-order valence-electron chi connectivity index (χ3n) is 10.9. The molecule has 0 unspecified atom stereocenters. The van der Waals surface area contributed by atoms with Gasteiger partial charge in [-0.05, 0) is 110 Å². The Kier molecular flexibility index (Phi) is 16.8. The van der Waals surface area contributed by atoms with E-state index in [0.717, 1.165) is 78.5 Å². The van der Waals surface area contributed by atoms with E-state index in [1.807, 2.05) is 54.6 Å². The molecule has 0 saturated carbocycles. The van der Waals surface area contributed by atoms with Crippen molar-refractivity contribution in [2.24, 2.45) is 0 Å². The highest BCUT2D eigenvalue weighted by atomic mass is 32.1. The van der Waals surface area contributed by atoms with Crippen molar-refractivity contribution in [2.75, 3.05) is 44.0 Å². The molecule has 0 atom stereocenters. The van der Waals surface area contributed by atoms with Crippen molar-refractivity contribution in [2.45, 2.75) is 90.6 Å². The molecule has 59 heavy (non-hydrogen) atoms. The lowest BCUT2D eigenvalue weighted by Crippen LogP contribution is -2.43. The van der Waals surface area contributed by atoms with Crippen LogP contribution in [0.1, 0.15) is 111 Å². The number of carbonyl (C=O) groups is 5. The fourth-order valence-electron chi connectivity index (χ4n) is 7.55. The third-order valence-corrected chi connectivity index (χ3v) is 12.1. The lowest BCUT2D eigenvalue weighted by molar-refractivity contribution is -0.141. The quantitative estimate of drug-likeness (QED) is 0.0616. The Labute approximate surface area is 350 Å². The minimum atomic E-state index is -1.01. The molecule has 3 amide bonds. The predicted molar refractivity (Wildman–Crippen MR) is 231 cm³/mol. The minimum absolute atomic E-state index is 0.0676. The van der Waals surface area contributed by atoms with Gasteiger partial charge in [0.2, 0.25) is 5.91 Å². The summed E-state index contributed by atoms with van der Waals surface area (Å²) in [5.41, 5.74) is 5.96. The maximum absolute atomic E-state index is 14.0. The number of ether oxygens (including phenoxy) is 1. The van der Waals surface area contributed by atoms with Gasteiger partial charge in [-0.2, -0.15) is 0 Å². The molecule has 0 saturated heterocycles. The normalized spacial score (nSPS) is 12.3. The number of nitrogens with zero attached hydrogens (tertiary/aromatic N) is 2. The van der Waals surface area contributed by atoms with Crippen LogP contribution in [0.5, 0.6) is 0 Å². The zero-order valence-corrected chi connectivity index (χ0v) is 35.1. The van der Waals surface area contributed by atoms with Crippen LogP contribution < -0.4 is 10.6 Å². The van der Waals surface area contributed by atoms with Crippen molar-refractivity contribution in [3.8, 4) is 0 Å². The number of hydrogen-bond acceptors (Lipinski definition) is 8. The fraction of sp³-hybridized carbons (Fsp3) is 0.413. The van der Waals surface area contributed by atoms with E-state index >= 15 is 0 Å². The molecular weight excluding hydrogens is 769 g/mol. The molecule has 0 radical (unpaired) electrons. The third kappa shape index (κ3) is 12.8. The minimum Gasteiger partial charge on any atom is -0.481 e. The van der Waals surface area contributed by atoms with E-state index in [4.69, 9.17) is 14.9 Å². The first kappa shape index (κ1) is 44.7. The summed E-state index contributed by atoms with van der Waals surface area (Å²) in [5, 5.41) is 25.0. The largest absolute Gasteiger partial charge is 0.481 e. The Morgan fingerprint density at radius 1 is 0.763 bits per heavy atom. The van der Waals surface area contributed by atoms with E-state index in [1.54, 1.807) is 30.2 Å². The first-order chi connectivity index (χ1) is 28.5. The lowest BCUT2D eigenvalue weighted by Gasteiger charge is -2.33. The molecule has 0 spiro atoms. The molecule has 0 aliphatic heterocycles. The summed E-state index contributed by atoms with van der Waals surface area (Å²) < 4.78 is 5.22. The average molecular weight is 825 g/mol. The van der Waals surface area contributed by atoms with Gasteiger partial charge >= 0.3 is 11.9 Å². The predicted octanol–water partition coefficient (Wildman–Crippen LogP) is 7.95. The number of anilines is 2. The van der Waals surface area contributed by atoms with Crippen LogP contribution in [-0.4, -0.2) is 89.1 Å². The number of nitrogens with one attached hydrogen (secondary N) is 2. The van der Waals surface area contributed by atoms with E-state index < -0.39 is 11.9 Å². The van der Waals surface area contributed by atoms with Gasteiger partial charge < -0.3 is 30.5 Å². The number of hydrogen-bond donors (Lipinski definition) is 4. The first-order valence-corrected chi connectivity index (χ1v) is 21.3. The Balaban J connectivity index is 1.26. The molecule has 1 heterocycles. The number of benzene rings is 3. The SMILES string of the molecule is CCC(CC)N(CCN(CCOC)C(=O)CCC(=O)O)Cc1cccc(C(=O)Nc2sc3c(c2C(=O)Nc2ccc(CCc4ccc(C(=O)O)cc4)cc2)CCCC3)c1. The maximum Gasteiger partial charge on any atom is 0.335 e. The molecule has 1 aliphatic carbocycles. The highest BCUT2D eigenvalue weighted by Gasteiger charge is 2.27. The topological polar surface area (TPSA) is 166 Å². The number of carboxylic acids is 2. The van der Waals surface area contributed by atoms with E-state index in [9.17, 15) is 24.0 Å². The summed E-state index contributed by atoms with van der Waals surface area (Å²) in [5.74, 6) is -2.74. The van der Waals surface area contributed by atoms with Gasteiger partial charge in [-0.25, -0.2) is 4.79 Å². The van der Waals surface area contributed by atoms with Gasteiger partial charge in [-0.15, -0.1) is 11.3 Å². The summed E-state index contributed by atoms with van der Waals surface area (Å²) in [6.45, 7) is 6.51. The molecule has 4 aromatic rings. The molecule has 5 rings (SSSR count). The van der Waals surface area contributed by atoms with Crippen molar-refractivity contribution >= 4 is 51.7 Å². The van der Waals surface area contributed by atoms with Gasteiger partial charge in [0.1, 0.15) is 5.00 Å². The number of carbonyl (C=O) groups excluding carboxylic acids is 3. The van der Waals surface area contributed by atoms with E-state index in [1.165, 1.54) is 11.3 Å². The van der Waals surface area contributed by atoms with Crippen LogP contribution in [0.2, 0.25) is 0 Å². The zero-order valence-electron chi connectivity index (χ0n) is 34.3. The Bertz CT molecular complexity index is 2060. The highest BCUT2D eigenvalue weighted by Crippen LogP contribution is 2.39. The number of thiophene rings is 1. The van der Waals surface area contributed by atoms with Crippen molar-refractivity contribution in [3.05, 3.63) is 117 Å². The van der Waals surface area contributed by atoms with Gasteiger partial charge in [0.05, 0.1) is 24.2 Å². The molecule has 13 heteroatoms. The Hall–Kier alpha value is -5.37. The zero-order chi connectivity index (χ0) is 42.3. The van der Waals surface area contributed by atoms with Crippen LogP contribution in [0.3, 0.4) is 0 Å². The first-order valence-electron chi connectivity index (χ1n) is 20.5. The van der Waals surface area contributed by atoms with Crippen LogP contribution >= 0.6 is 11.3 Å². The van der Waals surface area contributed by atoms with Crippen molar-refractivity contribution in [3.63, 3.8) is 0 Å². The number of rotatable bonds is 22. The molecule has 1 aliphatic rings. The molecule has 0 bridgehead atoms. The van der Waals surface area contributed by atoms with Gasteiger partial charge in [-0.1, -0.05) is 50.2 Å². The smallest absolute Gasteiger partial charge is 0.335 e. The van der Waals surface area contributed by atoms with Gasteiger partial charge in [0, 0.05) is 61.9 Å². The lowest BCUT2D eigenvalue weighted by atomic mass is 9.95. The molecule has 12 nitrogen and oxygen atoms in total. The van der Waals surface area contributed by atoms with Gasteiger partial charge in [0.15, 0.2) is 0 Å². The van der Waals surface area contributed by atoms with Crippen LogP contribution in [-0.2, 0) is 46.6 Å². The molecule has 1 aromatic heterocycles. The molecule has 4 N–H and O–H groups in total. The van der Waals surface area contributed by atoms with E-state index in [-0.39, 0.29) is 42.2 Å². The highest BCUT2D eigenvalue weighted by molar-refractivity contribution is 7.17. The summed E-state index contributed by atoms with van der Waals surface area (Å²) in [7, 11) is 1.57. The van der Waals surface area contributed by atoms with Crippen LogP contribution in [0, 0.1) is 0 Å². The fourth-order valence-corrected chi connectivity index (χ4v) is 8.83. The van der Waals surface area contributed by atoms with E-state index in [2.05, 4.69) is 29.4 Å². The number of aliphatic carboxylic acids is 1. The molecule has 3 aromatic carbocycles. The van der Waals surface area contributed by atoms with Crippen molar-refractivity contribution in [1.82, 2.24) is 9.80 Å². The molecular formula is C46H56N4O8S. The van der Waals surface area contributed by atoms with Gasteiger partial charge in [0.25, 0.3) is 11.8 Å². The van der Waals surface area contributed by atoms with E-state index in [0.29, 0.717) is 54.6 Å². The molecule has 314 valence electrons. The monoisotopic (exact) mass is 824 g/mol. The number of methoxy groups -OCH3 is 1. The van der Waals surface area contributed by atoms with Crippen molar-refractivity contribution in [1.29, 1.82) is 0 Å². The number of fused-ring (bicyclic) bond motifs is 1. The number of amides is 3. The molecule has 0 fully saturated rings.